The van der Waals surface area contributed by atoms with Gasteiger partial charge in [-0.2, -0.15) is 0 Å². The summed E-state index contributed by atoms with van der Waals surface area (Å²) in [6, 6.07) is 7.95. The number of aromatic nitrogens is 3. The van der Waals surface area contributed by atoms with E-state index in [1.807, 2.05) is 0 Å². The number of anilines is 2. The number of hydrogen-bond acceptors (Lipinski definition) is 6. The van der Waals surface area contributed by atoms with Crippen molar-refractivity contribution < 1.29 is 36.9 Å². The van der Waals surface area contributed by atoms with Gasteiger partial charge in [-0.25, -0.2) is 27.0 Å². The monoisotopic (exact) mass is 530 g/mol. The molecule has 0 fully saturated rings. The molecule has 0 spiro atoms. The Morgan fingerprint density at radius 3 is 2.70 bits per heavy atom. The maximum atomic E-state index is 15.2. The maximum Gasteiger partial charge on any atom is 0.335 e. The third kappa shape index (κ3) is 5.40. The molecule has 4 rings (SSSR count). The Balaban J connectivity index is 1.71. The third-order valence-electron chi connectivity index (χ3n) is 5.46. The van der Waals surface area contributed by atoms with Crippen molar-refractivity contribution in [2.45, 2.75) is 19.9 Å². The second-order valence-corrected chi connectivity index (χ2v) is 9.94. The van der Waals surface area contributed by atoms with Gasteiger partial charge >= 0.3 is 5.97 Å². The number of fused-ring (bicyclic) bond motifs is 1. The number of aromatic carboxylic acids is 1. The molecular weight excluding hydrogens is 508 g/mol. The first-order valence-electron chi connectivity index (χ1n) is 11.1. The molecule has 2 heterocycles. The van der Waals surface area contributed by atoms with Crippen molar-refractivity contribution in [3.8, 4) is 0 Å². The molecule has 4 aromatic rings. The minimum absolute atomic E-state index is 0.0982. The molecule has 0 saturated carbocycles. The standard InChI is InChI=1S/C24H21F2N5O5S/c1-2-8-37(35,36)31-17-7-6-16(25)19(20(17)26)21(32)15-11-28-23-18(15)22(29-12-30-23)27-10-13-4-3-5-14(9-13)24(33)34/h3-7,9,11-12,31H,2,8,10H2,1H3,(H,33,34)(H2,27,28,29,30)/p+1. The average Bonchev–Trinajstić information content (AvgIpc) is 3.29. The third-order valence-corrected chi connectivity index (χ3v) is 6.93. The minimum atomic E-state index is -3.89. The molecule has 0 bridgehead atoms. The van der Waals surface area contributed by atoms with Crippen LogP contribution in [0.2, 0.25) is 0 Å². The molecule has 5 N–H and O–H groups in total. The largest absolute Gasteiger partial charge is 0.478 e. The van der Waals surface area contributed by atoms with E-state index in [4.69, 9.17) is 0 Å². The van der Waals surface area contributed by atoms with Crippen LogP contribution in [0.25, 0.3) is 11.0 Å². The zero-order valence-corrected chi connectivity index (χ0v) is 20.2. The van der Waals surface area contributed by atoms with Crippen LogP contribution in [-0.4, -0.2) is 41.0 Å². The number of carbonyl (C=O) groups is 2. The van der Waals surface area contributed by atoms with Crippen molar-refractivity contribution in [2.24, 2.45) is 0 Å². The Hall–Kier alpha value is -4.39. The molecule has 0 unspecified atom stereocenters. The molecule has 192 valence electrons. The van der Waals surface area contributed by atoms with Crippen LogP contribution in [0.15, 0.2) is 48.9 Å². The number of carbonyl (C=O) groups excluding carboxylic acids is 1. The van der Waals surface area contributed by atoms with Crippen molar-refractivity contribution in [3.05, 3.63) is 82.8 Å². The normalized spacial score (nSPS) is 11.4. The number of halogens is 2. The molecule has 0 aliphatic rings. The Morgan fingerprint density at radius 1 is 1.19 bits per heavy atom. The van der Waals surface area contributed by atoms with Crippen molar-refractivity contribution in [1.82, 2.24) is 9.97 Å². The zero-order valence-electron chi connectivity index (χ0n) is 19.4. The van der Waals surface area contributed by atoms with E-state index in [0.29, 0.717) is 5.56 Å². The van der Waals surface area contributed by atoms with Gasteiger partial charge in [0.1, 0.15) is 11.2 Å². The summed E-state index contributed by atoms with van der Waals surface area (Å²) in [5, 5.41) is 12.4. The quantitative estimate of drug-likeness (QED) is 0.229. The first kappa shape index (κ1) is 25.7. The molecule has 0 atom stereocenters. The molecule has 0 saturated heterocycles. The maximum absolute atomic E-state index is 15.2. The van der Waals surface area contributed by atoms with Crippen LogP contribution in [-0.2, 0) is 16.6 Å². The van der Waals surface area contributed by atoms with Gasteiger partial charge in [0.05, 0.1) is 34.7 Å². The van der Waals surface area contributed by atoms with Crippen LogP contribution in [0, 0.1) is 11.6 Å². The predicted octanol–water partition coefficient (Wildman–Crippen LogP) is 3.35. The lowest BCUT2D eigenvalue weighted by molar-refractivity contribution is -0.364. The van der Waals surface area contributed by atoms with E-state index in [2.05, 4.69) is 25.0 Å². The highest BCUT2D eigenvalue weighted by Gasteiger charge is 2.28. The summed E-state index contributed by atoms with van der Waals surface area (Å²) >= 11 is 0. The van der Waals surface area contributed by atoms with Crippen LogP contribution in [0.4, 0.5) is 20.3 Å². The number of nitrogens with one attached hydrogen (secondary N) is 4. The highest BCUT2D eigenvalue weighted by atomic mass is 32.2. The molecule has 13 heteroatoms. The van der Waals surface area contributed by atoms with E-state index in [1.165, 1.54) is 24.7 Å². The highest BCUT2D eigenvalue weighted by Crippen LogP contribution is 2.29. The van der Waals surface area contributed by atoms with Gasteiger partial charge in [0.15, 0.2) is 5.82 Å². The molecule has 10 nitrogen and oxygen atoms in total. The Bertz CT molecular complexity index is 1620. The number of aromatic amines is 2. The lowest BCUT2D eigenvalue weighted by Gasteiger charge is -2.11. The lowest BCUT2D eigenvalue weighted by atomic mass is 10.0. The molecule has 0 aliphatic carbocycles. The topological polar surface area (TPSA) is 155 Å². The van der Waals surface area contributed by atoms with E-state index in [0.717, 1.165) is 12.1 Å². The van der Waals surface area contributed by atoms with Crippen molar-refractivity contribution in [3.63, 3.8) is 0 Å². The number of sulfonamides is 1. The number of ketones is 1. The summed E-state index contributed by atoms with van der Waals surface area (Å²) in [4.78, 5) is 34.3. The first-order valence-corrected chi connectivity index (χ1v) is 12.7. The lowest BCUT2D eigenvalue weighted by Crippen LogP contribution is -2.19. The fraction of sp³-hybridized carbons (Fsp3) is 0.167. The van der Waals surface area contributed by atoms with Crippen LogP contribution in [0.5, 0.6) is 0 Å². The predicted molar refractivity (Wildman–Crippen MR) is 131 cm³/mol. The van der Waals surface area contributed by atoms with Crippen molar-refractivity contribution in [1.29, 1.82) is 0 Å². The van der Waals surface area contributed by atoms with Gasteiger partial charge in [-0.1, -0.05) is 24.0 Å². The fourth-order valence-electron chi connectivity index (χ4n) is 3.79. The summed E-state index contributed by atoms with van der Waals surface area (Å²) < 4.78 is 56.2. The summed E-state index contributed by atoms with van der Waals surface area (Å²) in [5.74, 6) is -4.61. The van der Waals surface area contributed by atoms with E-state index in [-0.39, 0.29) is 46.7 Å². The van der Waals surface area contributed by atoms with E-state index in [9.17, 15) is 27.5 Å². The van der Waals surface area contributed by atoms with Crippen LogP contribution >= 0.6 is 0 Å². The zero-order chi connectivity index (χ0) is 26.7. The number of carboxylic acids is 1. The van der Waals surface area contributed by atoms with E-state index >= 15 is 4.39 Å². The van der Waals surface area contributed by atoms with Gasteiger partial charge in [-0.3, -0.25) is 9.52 Å². The number of benzene rings is 2. The van der Waals surface area contributed by atoms with Gasteiger partial charge < -0.3 is 15.4 Å². The minimum Gasteiger partial charge on any atom is -0.478 e. The van der Waals surface area contributed by atoms with E-state index < -0.39 is 44.7 Å². The number of rotatable bonds is 10. The first-order chi connectivity index (χ1) is 17.6. The number of carboxylic acid groups (broad SMARTS) is 1. The Labute approximate surface area is 209 Å². The van der Waals surface area contributed by atoms with E-state index in [1.54, 1.807) is 19.1 Å². The van der Waals surface area contributed by atoms with Gasteiger partial charge in [0.2, 0.25) is 33.6 Å². The molecule has 0 radical (unpaired) electrons. The molecule has 0 amide bonds. The molecule has 2 aromatic carbocycles. The van der Waals surface area contributed by atoms with Crippen molar-refractivity contribution in [2.75, 3.05) is 15.8 Å². The van der Waals surface area contributed by atoms with Crippen molar-refractivity contribution >= 4 is 44.3 Å². The second kappa shape index (κ2) is 10.3. The second-order valence-electron chi connectivity index (χ2n) is 8.10. The molecule has 2 aromatic heterocycles. The average molecular weight is 531 g/mol. The van der Waals surface area contributed by atoms with Gasteiger partial charge in [0, 0.05) is 6.20 Å². The highest BCUT2D eigenvalue weighted by molar-refractivity contribution is 7.92. The molecular formula is C24H22F2N5O5S+. The van der Waals surface area contributed by atoms with Crippen LogP contribution in [0.1, 0.15) is 45.2 Å². The fourth-order valence-corrected chi connectivity index (χ4v) is 4.92. The summed E-state index contributed by atoms with van der Waals surface area (Å²) in [6.07, 6.45) is 2.86. The SMILES string of the molecule is CCCS(=O)(=O)Nc1ccc(F)c(C(=O)c2c[nH]c3nc[nH+]c(NCc4cccc(C(=O)O)c4)c23)c1F. The van der Waals surface area contributed by atoms with Gasteiger partial charge in [-0.05, 0) is 36.2 Å². The summed E-state index contributed by atoms with van der Waals surface area (Å²) in [5.41, 5.74) is -0.621. The summed E-state index contributed by atoms with van der Waals surface area (Å²) in [7, 11) is -3.89. The number of hydrogen-bond donors (Lipinski definition) is 4. The van der Waals surface area contributed by atoms with Gasteiger partial charge in [0.25, 0.3) is 0 Å². The Morgan fingerprint density at radius 2 is 1.97 bits per heavy atom. The summed E-state index contributed by atoms with van der Waals surface area (Å²) in [6.45, 7) is 1.79. The molecule has 37 heavy (non-hydrogen) atoms. The number of H-pyrrole nitrogens is 2. The Kier molecular flexibility index (Phi) is 7.16. The molecule has 0 aliphatic heterocycles. The smallest absolute Gasteiger partial charge is 0.335 e. The number of nitrogens with zero attached hydrogens (tertiary/aromatic N) is 1. The van der Waals surface area contributed by atoms with Crippen LogP contribution < -0.4 is 15.0 Å². The van der Waals surface area contributed by atoms with Gasteiger partial charge in [-0.15, -0.1) is 0 Å². The van der Waals surface area contributed by atoms with Crippen LogP contribution in [0.3, 0.4) is 0 Å².